The molecule has 4 rings (SSSR count). The topological polar surface area (TPSA) is 7.12 Å². The number of aryl methyl sites for hydroxylation is 1. The quantitative estimate of drug-likeness (QED) is 0.388. The first-order valence-corrected chi connectivity index (χ1v) is 10.7. The fourth-order valence-electron chi connectivity index (χ4n) is 4.15. The lowest BCUT2D eigenvalue weighted by Gasteiger charge is -2.23. The molecule has 1 aliphatic rings. The molecule has 2 nitrogen and oxygen atoms in total. The van der Waals surface area contributed by atoms with Crippen LogP contribution >= 0.6 is 11.3 Å². The van der Waals surface area contributed by atoms with Gasteiger partial charge in [0.25, 0.3) is 5.01 Å². The molecule has 0 aliphatic carbocycles. The lowest BCUT2D eigenvalue weighted by Crippen LogP contribution is -2.33. The molecule has 1 aromatic heterocycles. The summed E-state index contributed by atoms with van der Waals surface area (Å²) < 4.78 is 3.70. The molecule has 0 bridgehead atoms. The fourth-order valence-corrected chi connectivity index (χ4v) is 5.29. The molecule has 0 fully saturated rings. The second kappa shape index (κ2) is 7.40. The number of nitrogens with zero attached hydrogens (tertiary/aromatic N) is 2. The Bertz CT molecular complexity index is 1100. The second-order valence-electron chi connectivity index (χ2n) is 7.65. The Balaban J connectivity index is 1.56. The van der Waals surface area contributed by atoms with Crippen molar-refractivity contribution in [3.05, 3.63) is 89.1 Å². The summed E-state index contributed by atoms with van der Waals surface area (Å²) in [6.07, 6.45) is 10.9. The van der Waals surface area contributed by atoms with Crippen LogP contribution in [0.4, 0.5) is 5.69 Å². The summed E-state index contributed by atoms with van der Waals surface area (Å²) in [5, 5.41) is 1.28. The SMILES string of the molecule is CC[n+]1c(/C=C/C=C/C=C2/N(C)c3ccccc3C2(C)C)sc2ccccc21. The first kappa shape index (κ1) is 18.7. The predicted molar refractivity (Wildman–Crippen MR) is 122 cm³/mol. The van der Waals surface area contributed by atoms with Gasteiger partial charge in [-0.3, -0.25) is 0 Å². The zero-order valence-corrected chi connectivity index (χ0v) is 17.8. The zero-order valence-electron chi connectivity index (χ0n) is 17.0. The van der Waals surface area contributed by atoms with Crippen molar-refractivity contribution in [2.45, 2.75) is 32.7 Å². The molecule has 3 aromatic rings. The average Bonchev–Trinajstić information content (AvgIpc) is 3.15. The summed E-state index contributed by atoms with van der Waals surface area (Å²) in [4.78, 5) is 2.31. The van der Waals surface area contributed by atoms with E-state index >= 15 is 0 Å². The van der Waals surface area contributed by atoms with E-state index in [9.17, 15) is 0 Å². The molecule has 0 spiro atoms. The minimum Gasteiger partial charge on any atom is -0.347 e. The van der Waals surface area contributed by atoms with Crippen LogP contribution in [0.3, 0.4) is 0 Å². The Labute approximate surface area is 171 Å². The number of likely N-dealkylation sites (N-methyl/N-ethyl adjacent to an activating group) is 1. The lowest BCUT2D eigenvalue weighted by molar-refractivity contribution is -0.665. The normalized spacial score (nSPS) is 17.4. The molecular formula is C25H27N2S+. The maximum absolute atomic E-state index is 2.37. The van der Waals surface area contributed by atoms with Crippen LogP contribution in [0.15, 0.2) is 78.5 Å². The molecule has 0 atom stereocenters. The van der Waals surface area contributed by atoms with Crippen LogP contribution in [0.25, 0.3) is 16.3 Å². The first-order chi connectivity index (χ1) is 13.5. The summed E-state index contributed by atoms with van der Waals surface area (Å²) in [6.45, 7) is 7.78. The van der Waals surface area contributed by atoms with Crippen molar-refractivity contribution in [1.82, 2.24) is 0 Å². The number of aromatic nitrogens is 1. The van der Waals surface area contributed by atoms with Gasteiger partial charge in [-0.15, -0.1) is 0 Å². The van der Waals surface area contributed by atoms with Crippen LogP contribution in [0.5, 0.6) is 0 Å². The van der Waals surface area contributed by atoms with Gasteiger partial charge in [0.15, 0.2) is 0 Å². The van der Waals surface area contributed by atoms with E-state index in [2.05, 4.69) is 116 Å². The lowest BCUT2D eigenvalue weighted by atomic mass is 9.84. The van der Waals surface area contributed by atoms with Crippen LogP contribution in [-0.4, -0.2) is 7.05 Å². The number of allylic oxidation sites excluding steroid dienone is 5. The number of hydrogen-bond donors (Lipinski definition) is 0. The van der Waals surface area contributed by atoms with Gasteiger partial charge in [0.1, 0.15) is 11.2 Å². The highest BCUT2D eigenvalue weighted by atomic mass is 32.1. The van der Waals surface area contributed by atoms with Crippen LogP contribution in [-0.2, 0) is 12.0 Å². The van der Waals surface area contributed by atoms with Gasteiger partial charge >= 0.3 is 0 Å². The highest BCUT2D eigenvalue weighted by Gasteiger charge is 2.37. The van der Waals surface area contributed by atoms with Gasteiger partial charge in [0.2, 0.25) is 5.52 Å². The third-order valence-electron chi connectivity index (χ3n) is 5.61. The van der Waals surface area contributed by atoms with Gasteiger partial charge in [0, 0.05) is 36.0 Å². The largest absolute Gasteiger partial charge is 0.347 e. The fraction of sp³-hybridized carbons (Fsp3) is 0.240. The van der Waals surface area contributed by atoms with Gasteiger partial charge in [-0.25, -0.2) is 0 Å². The van der Waals surface area contributed by atoms with Gasteiger partial charge in [-0.05, 0) is 30.7 Å². The third-order valence-corrected chi connectivity index (χ3v) is 6.74. The van der Waals surface area contributed by atoms with Gasteiger partial charge in [-0.2, -0.15) is 4.57 Å². The summed E-state index contributed by atoms with van der Waals surface area (Å²) in [6, 6.07) is 17.3. The van der Waals surface area contributed by atoms with E-state index in [0.29, 0.717) is 0 Å². The predicted octanol–water partition coefficient (Wildman–Crippen LogP) is 6.09. The van der Waals surface area contributed by atoms with Crippen LogP contribution in [0, 0.1) is 0 Å². The Hall–Kier alpha value is -2.65. The van der Waals surface area contributed by atoms with Crippen molar-refractivity contribution in [2.24, 2.45) is 0 Å². The number of fused-ring (bicyclic) bond motifs is 2. The number of anilines is 1. The minimum absolute atomic E-state index is 0.0239. The number of hydrogen-bond acceptors (Lipinski definition) is 2. The molecule has 2 aromatic carbocycles. The Kier molecular flexibility index (Phi) is 4.94. The Morgan fingerprint density at radius 1 is 1.00 bits per heavy atom. The van der Waals surface area contributed by atoms with Crippen LogP contribution in [0.2, 0.25) is 0 Å². The molecule has 0 saturated carbocycles. The van der Waals surface area contributed by atoms with Crippen molar-refractivity contribution in [3.63, 3.8) is 0 Å². The van der Waals surface area contributed by atoms with Crippen molar-refractivity contribution in [3.8, 4) is 0 Å². The van der Waals surface area contributed by atoms with Crippen molar-refractivity contribution in [2.75, 3.05) is 11.9 Å². The highest BCUT2D eigenvalue weighted by Crippen LogP contribution is 2.46. The van der Waals surface area contributed by atoms with Gasteiger partial charge < -0.3 is 4.90 Å². The Morgan fingerprint density at radius 3 is 2.54 bits per heavy atom. The molecule has 0 unspecified atom stereocenters. The van der Waals surface area contributed by atoms with Crippen LogP contribution in [0.1, 0.15) is 31.3 Å². The third kappa shape index (κ3) is 3.10. The summed E-state index contributed by atoms with van der Waals surface area (Å²) >= 11 is 1.84. The van der Waals surface area contributed by atoms with Crippen LogP contribution < -0.4 is 9.47 Å². The van der Waals surface area contributed by atoms with Gasteiger partial charge in [0.05, 0.1) is 0 Å². The van der Waals surface area contributed by atoms with Crippen molar-refractivity contribution in [1.29, 1.82) is 0 Å². The highest BCUT2D eigenvalue weighted by molar-refractivity contribution is 7.18. The molecule has 0 saturated heterocycles. The van der Waals surface area contributed by atoms with E-state index < -0.39 is 0 Å². The Morgan fingerprint density at radius 2 is 1.75 bits per heavy atom. The van der Waals surface area contributed by atoms with E-state index in [1.54, 1.807) is 0 Å². The molecule has 0 N–H and O–H groups in total. The first-order valence-electron chi connectivity index (χ1n) is 9.84. The molecule has 0 amide bonds. The number of rotatable bonds is 4. The van der Waals surface area contributed by atoms with E-state index in [4.69, 9.17) is 0 Å². The molecule has 1 aliphatic heterocycles. The molecular weight excluding hydrogens is 360 g/mol. The standard InChI is InChI=1S/C25H27N2S/c1-5-27-21-15-11-12-16-22(21)28-24(27)18-8-6-7-17-23-25(2,3)19-13-9-10-14-20(19)26(23)4/h6-18H,5H2,1-4H3/q+1. The van der Waals surface area contributed by atoms with E-state index in [-0.39, 0.29) is 5.41 Å². The molecule has 0 radical (unpaired) electrons. The monoisotopic (exact) mass is 387 g/mol. The smallest absolute Gasteiger partial charge is 0.262 e. The average molecular weight is 388 g/mol. The summed E-state index contributed by atoms with van der Waals surface area (Å²) in [5.74, 6) is 0. The van der Waals surface area contributed by atoms with E-state index in [1.165, 1.54) is 32.2 Å². The maximum atomic E-state index is 2.37. The minimum atomic E-state index is 0.0239. The molecule has 2 heterocycles. The molecule has 142 valence electrons. The number of benzene rings is 2. The summed E-state index contributed by atoms with van der Waals surface area (Å²) in [5.41, 5.74) is 5.35. The van der Waals surface area contributed by atoms with E-state index in [0.717, 1.165) is 6.54 Å². The second-order valence-corrected chi connectivity index (χ2v) is 8.71. The molecule has 3 heteroatoms. The summed E-state index contributed by atoms with van der Waals surface area (Å²) in [7, 11) is 2.16. The van der Waals surface area contributed by atoms with Gasteiger partial charge in [-0.1, -0.05) is 73.7 Å². The number of thiazole rings is 1. The van der Waals surface area contributed by atoms with E-state index in [1.807, 2.05) is 11.3 Å². The van der Waals surface area contributed by atoms with Crippen molar-refractivity contribution >= 4 is 33.3 Å². The number of para-hydroxylation sites is 2. The molecule has 28 heavy (non-hydrogen) atoms. The maximum Gasteiger partial charge on any atom is 0.262 e. The van der Waals surface area contributed by atoms with Crippen molar-refractivity contribution < 1.29 is 4.57 Å². The zero-order chi connectivity index (χ0) is 19.7.